The minimum atomic E-state index is -0.321. The van der Waals surface area contributed by atoms with Gasteiger partial charge in [0.25, 0.3) is 0 Å². The van der Waals surface area contributed by atoms with Crippen molar-refractivity contribution in [1.82, 2.24) is 0 Å². The molecular weight excluding hydrogens is 334 g/mol. The highest BCUT2D eigenvalue weighted by atomic mass is 32.2. The van der Waals surface area contributed by atoms with Crippen molar-refractivity contribution in [3.63, 3.8) is 0 Å². The standard InChI is InChI=1S/C11H13N3O.C8H10OS/c12-6-4-7-9(8(13)5-6)14-10(15)11(7)2-1-3-11;1-9-7-5-3-4-6-8(7)10-2/h4-5H,1-3,12-13H2,(H,14,15);3-6H,1-2H3. The van der Waals surface area contributed by atoms with Gasteiger partial charge in [-0.25, -0.2) is 0 Å². The lowest BCUT2D eigenvalue weighted by Crippen LogP contribution is -2.40. The smallest absolute Gasteiger partial charge is 0.235 e. The highest BCUT2D eigenvalue weighted by molar-refractivity contribution is 7.98. The summed E-state index contributed by atoms with van der Waals surface area (Å²) >= 11 is 1.69. The van der Waals surface area contributed by atoms with Gasteiger partial charge in [-0.2, -0.15) is 0 Å². The third-order valence-corrected chi connectivity index (χ3v) is 5.65. The van der Waals surface area contributed by atoms with Crippen LogP contribution in [0.2, 0.25) is 0 Å². The number of methoxy groups -OCH3 is 1. The maximum Gasteiger partial charge on any atom is 0.235 e. The zero-order valence-corrected chi connectivity index (χ0v) is 15.3. The van der Waals surface area contributed by atoms with Gasteiger partial charge in [-0.05, 0) is 48.9 Å². The quantitative estimate of drug-likeness (QED) is 0.564. The van der Waals surface area contributed by atoms with Crippen molar-refractivity contribution in [2.24, 2.45) is 0 Å². The summed E-state index contributed by atoms with van der Waals surface area (Å²) in [7, 11) is 1.69. The number of anilines is 3. The molecule has 0 aromatic heterocycles. The van der Waals surface area contributed by atoms with Crippen LogP contribution in [-0.2, 0) is 10.2 Å². The molecule has 2 aromatic carbocycles. The number of nitrogen functional groups attached to an aromatic ring is 2. The molecule has 0 atom stereocenters. The molecule has 25 heavy (non-hydrogen) atoms. The lowest BCUT2D eigenvalue weighted by Gasteiger charge is -2.36. The van der Waals surface area contributed by atoms with Crippen LogP contribution in [0, 0.1) is 0 Å². The van der Waals surface area contributed by atoms with Crippen LogP contribution in [0.5, 0.6) is 5.75 Å². The van der Waals surface area contributed by atoms with E-state index in [9.17, 15) is 4.79 Å². The molecule has 1 spiro atoms. The zero-order valence-electron chi connectivity index (χ0n) is 14.5. The molecule has 4 rings (SSSR count). The normalized spacial score (nSPS) is 16.3. The summed E-state index contributed by atoms with van der Waals surface area (Å²) in [6, 6.07) is 11.6. The lowest BCUT2D eigenvalue weighted by molar-refractivity contribution is -0.123. The van der Waals surface area contributed by atoms with Gasteiger partial charge in [0.2, 0.25) is 5.91 Å². The minimum absolute atomic E-state index is 0.0843. The second-order valence-electron chi connectivity index (χ2n) is 6.28. The summed E-state index contributed by atoms with van der Waals surface area (Å²) in [5, 5.41) is 2.87. The number of rotatable bonds is 2. The van der Waals surface area contributed by atoms with E-state index in [4.69, 9.17) is 16.2 Å². The van der Waals surface area contributed by atoms with Gasteiger partial charge >= 0.3 is 0 Å². The SMILES string of the molecule is COc1ccccc1SC.Nc1cc(N)c2c(c1)C1(CCC1)C(=O)N2. The Balaban J connectivity index is 0.000000160. The van der Waals surface area contributed by atoms with Crippen molar-refractivity contribution in [3.8, 4) is 5.75 Å². The van der Waals surface area contributed by atoms with Crippen LogP contribution < -0.4 is 21.5 Å². The molecule has 1 saturated carbocycles. The number of carbonyl (C=O) groups excluding carboxylic acids is 1. The first-order chi connectivity index (χ1) is 12.0. The third kappa shape index (κ3) is 3.02. The van der Waals surface area contributed by atoms with E-state index in [1.54, 1.807) is 24.9 Å². The highest BCUT2D eigenvalue weighted by Crippen LogP contribution is 2.53. The van der Waals surface area contributed by atoms with Crippen LogP contribution in [-0.4, -0.2) is 19.3 Å². The van der Waals surface area contributed by atoms with Crippen molar-refractivity contribution < 1.29 is 9.53 Å². The molecule has 0 radical (unpaired) electrons. The molecule has 132 valence electrons. The molecule has 6 heteroatoms. The Kier molecular flexibility index (Phi) is 4.81. The number of hydrogen-bond acceptors (Lipinski definition) is 5. The first kappa shape index (κ1) is 17.5. The monoisotopic (exact) mass is 357 g/mol. The molecular formula is C19H23N3O2S. The van der Waals surface area contributed by atoms with E-state index in [0.29, 0.717) is 11.4 Å². The van der Waals surface area contributed by atoms with Crippen molar-refractivity contribution in [3.05, 3.63) is 42.0 Å². The fourth-order valence-corrected chi connectivity index (χ4v) is 3.94. The van der Waals surface area contributed by atoms with E-state index in [0.717, 1.165) is 36.3 Å². The number of nitrogens with two attached hydrogens (primary N) is 2. The van der Waals surface area contributed by atoms with Gasteiger partial charge in [0.15, 0.2) is 0 Å². The second kappa shape index (κ2) is 6.88. The van der Waals surface area contributed by atoms with Crippen molar-refractivity contribution in [1.29, 1.82) is 0 Å². The van der Waals surface area contributed by atoms with E-state index in [1.165, 1.54) is 4.90 Å². The fraction of sp³-hybridized carbons (Fsp3) is 0.316. The first-order valence-electron chi connectivity index (χ1n) is 8.20. The number of hydrogen-bond donors (Lipinski definition) is 3. The van der Waals surface area contributed by atoms with Gasteiger partial charge in [-0.1, -0.05) is 18.6 Å². The number of ether oxygens (including phenoxy) is 1. The van der Waals surface area contributed by atoms with Crippen LogP contribution in [0.15, 0.2) is 41.3 Å². The van der Waals surface area contributed by atoms with Crippen LogP contribution >= 0.6 is 11.8 Å². The Morgan fingerprint density at radius 2 is 1.92 bits per heavy atom. The molecule has 2 aromatic rings. The first-order valence-corrected chi connectivity index (χ1v) is 9.42. The van der Waals surface area contributed by atoms with Crippen molar-refractivity contribution >= 4 is 34.7 Å². The highest BCUT2D eigenvalue weighted by Gasteiger charge is 2.51. The predicted molar refractivity (Wildman–Crippen MR) is 104 cm³/mol. The van der Waals surface area contributed by atoms with E-state index < -0.39 is 0 Å². The van der Waals surface area contributed by atoms with Gasteiger partial charge in [-0.15, -0.1) is 11.8 Å². The predicted octanol–water partition coefficient (Wildman–Crippen LogP) is 3.64. The second-order valence-corrected chi connectivity index (χ2v) is 7.13. The number of carbonyl (C=O) groups is 1. The van der Waals surface area contributed by atoms with E-state index >= 15 is 0 Å². The number of amides is 1. The largest absolute Gasteiger partial charge is 0.496 e. The van der Waals surface area contributed by atoms with E-state index in [2.05, 4.69) is 5.32 Å². The lowest BCUT2D eigenvalue weighted by atomic mass is 9.65. The van der Waals surface area contributed by atoms with Crippen molar-refractivity contribution in [2.75, 3.05) is 30.1 Å². The summed E-state index contributed by atoms with van der Waals surface area (Å²) in [6.07, 6.45) is 4.96. The third-order valence-electron chi connectivity index (χ3n) is 4.88. The molecule has 1 heterocycles. The number of thioether (sulfide) groups is 1. The Labute approximate surface area is 152 Å². The molecule has 0 unspecified atom stereocenters. The number of fused-ring (bicyclic) bond motifs is 2. The maximum absolute atomic E-state index is 11.9. The average molecular weight is 357 g/mol. The van der Waals surface area contributed by atoms with Crippen LogP contribution in [0.1, 0.15) is 24.8 Å². The molecule has 1 amide bonds. The summed E-state index contributed by atoms with van der Waals surface area (Å²) in [5.74, 6) is 1.04. The Morgan fingerprint density at radius 3 is 2.48 bits per heavy atom. The molecule has 5 N–H and O–H groups in total. The Hall–Kier alpha value is -2.34. The zero-order chi connectivity index (χ0) is 18.0. The Bertz CT molecular complexity index is 780. The minimum Gasteiger partial charge on any atom is -0.496 e. The number of nitrogens with one attached hydrogen (secondary N) is 1. The fourth-order valence-electron chi connectivity index (χ4n) is 3.37. The van der Waals surface area contributed by atoms with Gasteiger partial charge in [-0.3, -0.25) is 4.79 Å². The van der Waals surface area contributed by atoms with Gasteiger partial charge in [0.1, 0.15) is 5.75 Å². The molecule has 2 aliphatic rings. The van der Waals surface area contributed by atoms with Crippen molar-refractivity contribution in [2.45, 2.75) is 29.6 Å². The van der Waals surface area contributed by atoms with Gasteiger partial charge < -0.3 is 21.5 Å². The van der Waals surface area contributed by atoms with Gasteiger partial charge in [0.05, 0.1) is 23.9 Å². The molecule has 0 saturated heterocycles. The number of benzene rings is 2. The van der Waals surface area contributed by atoms with Gasteiger partial charge in [0, 0.05) is 10.6 Å². The average Bonchev–Trinajstić information content (AvgIpc) is 2.87. The summed E-state index contributed by atoms with van der Waals surface area (Å²) in [4.78, 5) is 13.1. The molecule has 1 fully saturated rings. The molecule has 5 nitrogen and oxygen atoms in total. The summed E-state index contributed by atoms with van der Waals surface area (Å²) in [5.41, 5.74) is 14.3. The number of para-hydroxylation sites is 1. The topological polar surface area (TPSA) is 90.4 Å². The summed E-state index contributed by atoms with van der Waals surface area (Å²) in [6.45, 7) is 0. The Morgan fingerprint density at radius 1 is 1.20 bits per heavy atom. The van der Waals surface area contributed by atoms with E-state index in [1.807, 2.05) is 36.6 Å². The maximum atomic E-state index is 11.9. The summed E-state index contributed by atoms with van der Waals surface area (Å²) < 4.78 is 5.12. The van der Waals surface area contributed by atoms with Crippen LogP contribution in [0.25, 0.3) is 0 Å². The van der Waals surface area contributed by atoms with Crippen LogP contribution in [0.3, 0.4) is 0 Å². The molecule has 1 aliphatic heterocycles. The molecule has 0 bridgehead atoms. The van der Waals surface area contributed by atoms with E-state index in [-0.39, 0.29) is 11.3 Å². The van der Waals surface area contributed by atoms with Crippen LogP contribution in [0.4, 0.5) is 17.1 Å². The molecule has 1 aliphatic carbocycles.